The van der Waals surface area contributed by atoms with Crippen LogP contribution in [0.1, 0.15) is 23.2 Å². The number of rotatable bonds is 3. The van der Waals surface area contributed by atoms with Crippen molar-refractivity contribution in [1.29, 1.82) is 5.26 Å². The maximum atomic E-state index is 12.7. The molecule has 1 rings (SSSR count). The third-order valence-corrected chi connectivity index (χ3v) is 2.10. The van der Waals surface area contributed by atoms with E-state index in [-0.39, 0.29) is 0 Å². The summed E-state index contributed by atoms with van der Waals surface area (Å²) in [6.07, 6.45) is -9.24. The van der Waals surface area contributed by atoms with E-state index in [1.54, 1.807) is 0 Å². The quantitative estimate of drug-likeness (QED) is 0.484. The van der Waals surface area contributed by atoms with Crippen LogP contribution in [0.25, 0.3) is 0 Å². The Balaban J connectivity index is 3.73. The average Bonchev–Trinajstić information content (AvgIpc) is 2.26. The number of hydrogen-bond acceptors (Lipinski definition) is 4. The molecule has 0 fully saturated rings. The van der Waals surface area contributed by atoms with Crippen molar-refractivity contribution in [3.05, 3.63) is 33.1 Å². The minimum atomic E-state index is -5.37. The number of pyridine rings is 1. The van der Waals surface area contributed by atoms with Crippen LogP contribution in [0.2, 0.25) is 0 Å². The topological polar surface area (TPSA) is 79.8 Å². The molecule has 0 bridgehead atoms. The van der Waals surface area contributed by atoms with Crippen molar-refractivity contribution in [2.75, 3.05) is 0 Å². The Kier molecular flexibility index (Phi) is 3.98. The van der Waals surface area contributed by atoms with Gasteiger partial charge in [-0.3, -0.25) is 15.1 Å². The number of hydrogen-bond donors (Lipinski definition) is 0. The van der Waals surface area contributed by atoms with Crippen molar-refractivity contribution < 1.29 is 26.9 Å². The number of nitro groups is 1. The molecule has 0 aromatic carbocycles. The zero-order valence-corrected chi connectivity index (χ0v) is 8.91. The molecule has 19 heavy (non-hydrogen) atoms. The smallest absolute Gasteiger partial charge is 0.258 e. The summed E-state index contributed by atoms with van der Waals surface area (Å²) >= 11 is 0. The number of nitrogens with zero attached hydrogens (tertiary/aromatic N) is 3. The average molecular weight is 281 g/mol. The van der Waals surface area contributed by atoms with E-state index in [0.717, 1.165) is 0 Å². The maximum Gasteiger partial charge on any atom is 0.425 e. The fourth-order valence-electron chi connectivity index (χ4n) is 1.42. The summed E-state index contributed by atoms with van der Waals surface area (Å²) in [5.41, 5.74) is -6.05. The zero-order valence-electron chi connectivity index (χ0n) is 8.91. The second kappa shape index (κ2) is 5.13. The molecule has 5 nitrogen and oxygen atoms in total. The lowest BCUT2D eigenvalue weighted by Crippen LogP contribution is -2.16. The second-order valence-electron chi connectivity index (χ2n) is 3.28. The van der Waals surface area contributed by atoms with E-state index in [2.05, 4.69) is 4.98 Å². The standard InChI is InChI=1S/C9H4F5N3O2/c10-8(11)6-5(9(12,13)14)7(17(18)19)4(1-2-15)3-16-6/h3,8H,1H2. The fraction of sp³-hybridized carbons (Fsp3) is 0.333. The van der Waals surface area contributed by atoms with Gasteiger partial charge in [0, 0.05) is 6.20 Å². The Morgan fingerprint density at radius 1 is 1.47 bits per heavy atom. The highest BCUT2D eigenvalue weighted by molar-refractivity contribution is 5.51. The van der Waals surface area contributed by atoms with E-state index in [0.29, 0.717) is 6.20 Å². The van der Waals surface area contributed by atoms with Crippen molar-refractivity contribution in [2.24, 2.45) is 0 Å². The van der Waals surface area contributed by atoms with Crippen molar-refractivity contribution in [3.63, 3.8) is 0 Å². The van der Waals surface area contributed by atoms with Crippen molar-refractivity contribution in [1.82, 2.24) is 4.98 Å². The Bertz CT molecular complexity index is 550. The summed E-state index contributed by atoms with van der Waals surface area (Å²) in [4.78, 5) is 12.1. The first-order valence-corrected chi connectivity index (χ1v) is 4.58. The van der Waals surface area contributed by atoms with Gasteiger partial charge in [0.15, 0.2) is 5.56 Å². The predicted molar refractivity (Wildman–Crippen MR) is 50.2 cm³/mol. The summed E-state index contributed by atoms with van der Waals surface area (Å²) in [7, 11) is 0. The summed E-state index contributed by atoms with van der Waals surface area (Å²) in [5.74, 6) is 0. The molecule has 0 aliphatic heterocycles. The molecule has 0 N–H and O–H groups in total. The third kappa shape index (κ3) is 2.93. The SMILES string of the molecule is N#CCc1cnc(C(F)F)c(C(F)(F)F)c1[N+](=O)[O-]. The van der Waals surface area contributed by atoms with E-state index < -0.39 is 46.5 Å². The van der Waals surface area contributed by atoms with Crippen LogP contribution in [0, 0.1) is 21.4 Å². The molecule has 1 heterocycles. The molecule has 0 atom stereocenters. The normalized spacial score (nSPS) is 11.4. The minimum absolute atomic E-state index is 0.484. The monoisotopic (exact) mass is 281 g/mol. The fourth-order valence-corrected chi connectivity index (χ4v) is 1.42. The highest BCUT2D eigenvalue weighted by atomic mass is 19.4. The highest BCUT2D eigenvalue weighted by Gasteiger charge is 2.45. The van der Waals surface area contributed by atoms with Gasteiger partial charge in [-0.2, -0.15) is 18.4 Å². The van der Waals surface area contributed by atoms with Gasteiger partial charge in [-0.05, 0) is 0 Å². The first-order valence-electron chi connectivity index (χ1n) is 4.58. The molecule has 1 aromatic rings. The molecule has 0 aliphatic carbocycles. The van der Waals surface area contributed by atoms with Gasteiger partial charge in [0.1, 0.15) is 5.69 Å². The third-order valence-electron chi connectivity index (χ3n) is 2.10. The van der Waals surface area contributed by atoms with Crippen molar-refractivity contribution in [3.8, 4) is 6.07 Å². The van der Waals surface area contributed by atoms with Gasteiger partial charge < -0.3 is 0 Å². The number of halogens is 5. The van der Waals surface area contributed by atoms with E-state index in [9.17, 15) is 32.1 Å². The Morgan fingerprint density at radius 3 is 2.42 bits per heavy atom. The minimum Gasteiger partial charge on any atom is -0.258 e. The first kappa shape index (κ1) is 14.7. The van der Waals surface area contributed by atoms with Crippen LogP contribution < -0.4 is 0 Å². The van der Waals surface area contributed by atoms with Gasteiger partial charge in [-0.15, -0.1) is 0 Å². The molecular weight excluding hydrogens is 277 g/mol. The van der Waals surface area contributed by atoms with Gasteiger partial charge in [0.2, 0.25) is 0 Å². The molecule has 0 radical (unpaired) electrons. The molecular formula is C9H4F5N3O2. The molecule has 0 unspecified atom stereocenters. The molecule has 0 aliphatic rings. The molecule has 0 spiro atoms. The predicted octanol–water partition coefficient (Wildman–Crippen LogP) is 3.01. The molecule has 0 saturated heterocycles. The van der Waals surface area contributed by atoms with Gasteiger partial charge in [-0.25, -0.2) is 8.78 Å². The van der Waals surface area contributed by atoms with Crippen molar-refractivity contribution in [2.45, 2.75) is 19.0 Å². The van der Waals surface area contributed by atoms with Crippen LogP contribution in [0.3, 0.4) is 0 Å². The largest absolute Gasteiger partial charge is 0.425 e. The molecule has 10 heteroatoms. The van der Waals surface area contributed by atoms with E-state index >= 15 is 0 Å². The van der Waals surface area contributed by atoms with Crippen LogP contribution in [-0.2, 0) is 12.6 Å². The van der Waals surface area contributed by atoms with Crippen LogP contribution in [0.4, 0.5) is 27.6 Å². The van der Waals surface area contributed by atoms with Gasteiger partial charge in [0.25, 0.3) is 12.1 Å². The maximum absolute atomic E-state index is 12.7. The molecule has 102 valence electrons. The number of aromatic nitrogens is 1. The molecule has 1 aromatic heterocycles. The number of nitriles is 1. The van der Waals surface area contributed by atoms with Crippen LogP contribution in [0.5, 0.6) is 0 Å². The lowest BCUT2D eigenvalue weighted by molar-refractivity contribution is -0.389. The van der Waals surface area contributed by atoms with E-state index in [4.69, 9.17) is 5.26 Å². The van der Waals surface area contributed by atoms with E-state index in [1.807, 2.05) is 0 Å². The molecule has 0 saturated carbocycles. The van der Waals surface area contributed by atoms with Crippen LogP contribution >= 0.6 is 0 Å². The Morgan fingerprint density at radius 2 is 2.05 bits per heavy atom. The zero-order chi connectivity index (χ0) is 14.8. The van der Waals surface area contributed by atoms with E-state index in [1.165, 1.54) is 6.07 Å². The van der Waals surface area contributed by atoms with Crippen LogP contribution in [-0.4, -0.2) is 9.91 Å². The van der Waals surface area contributed by atoms with Gasteiger partial charge in [-0.1, -0.05) is 0 Å². The first-order chi connectivity index (χ1) is 8.70. The lowest BCUT2D eigenvalue weighted by Gasteiger charge is -2.13. The summed E-state index contributed by atoms with van der Waals surface area (Å²) in [6, 6.07) is 1.41. The molecule has 0 amide bonds. The lowest BCUT2D eigenvalue weighted by atomic mass is 10.0. The number of alkyl halides is 5. The summed E-state index contributed by atoms with van der Waals surface area (Å²) in [6.45, 7) is 0. The Hall–Kier alpha value is -2.31. The highest BCUT2D eigenvalue weighted by Crippen LogP contribution is 2.42. The van der Waals surface area contributed by atoms with Crippen molar-refractivity contribution >= 4 is 5.69 Å². The second-order valence-corrected chi connectivity index (χ2v) is 3.28. The summed E-state index contributed by atoms with van der Waals surface area (Å²) < 4.78 is 63.0. The summed E-state index contributed by atoms with van der Waals surface area (Å²) in [5, 5.41) is 19.0. The van der Waals surface area contributed by atoms with Gasteiger partial charge >= 0.3 is 6.18 Å². The Labute approximate surface area is 102 Å². The van der Waals surface area contributed by atoms with Crippen LogP contribution in [0.15, 0.2) is 6.20 Å². The van der Waals surface area contributed by atoms with Gasteiger partial charge in [0.05, 0.1) is 23.0 Å².